The minimum absolute atomic E-state index is 0.0337. The van der Waals surface area contributed by atoms with Crippen molar-refractivity contribution >= 4 is 5.97 Å². The van der Waals surface area contributed by atoms with Crippen molar-refractivity contribution in [2.45, 2.75) is 261 Å². The summed E-state index contributed by atoms with van der Waals surface area (Å²) in [6.45, 7) is 3.48. The average molecular weight is 1060 g/mol. The predicted molar refractivity (Wildman–Crippen MR) is 298 cm³/mol. The van der Waals surface area contributed by atoms with Crippen LogP contribution in [0.1, 0.15) is 194 Å². The molecule has 432 valence electrons. The molecular formula is C61H104O14. The van der Waals surface area contributed by atoms with Crippen LogP contribution in [0.2, 0.25) is 0 Å². The van der Waals surface area contributed by atoms with Crippen LogP contribution < -0.4 is 0 Å². The normalized spacial score (nSPS) is 25.2. The fourth-order valence-corrected chi connectivity index (χ4v) is 8.69. The molecule has 0 aliphatic carbocycles. The van der Waals surface area contributed by atoms with E-state index in [1.807, 2.05) is 0 Å². The molecule has 2 fully saturated rings. The molecule has 0 bridgehead atoms. The Morgan fingerprint density at radius 1 is 0.453 bits per heavy atom. The van der Waals surface area contributed by atoms with Crippen LogP contribution in [0.4, 0.5) is 0 Å². The van der Waals surface area contributed by atoms with Crippen molar-refractivity contribution in [2.24, 2.45) is 0 Å². The first-order chi connectivity index (χ1) is 36.6. The third-order valence-corrected chi connectivity index (χ3v) is 13.4. The molecule has 0 aromatic heterocycles. The smallest absolute Gasteiger partial charge is 0.306 e. The first kappa shape index (κ1) is 68.3. The summed E-state index contributed by atoms with van der Waals surface area (Å²) in [5.74, 6) is -0.393. The van der Waals surface area contributed by atoms with Gasteiger partial charge in [-0.2, -0.15) is 0 Å². The van der Waals surface area contributed by atoms with Gasteiger partial charge in [0, 0.05) is 13.0 Å². The molecule has 14 heteroatoms. The van der Waals surface area contributed by atoms with Crippen molar-refractivity contribution < 1.29 is 69.0 Å². The highest BCUT2D eigenvalue weighted by atomic mass is 16.7. The minimum atomic E-state index is -1.72. The zero-order valence-electron chi connectivity index (χ0n) is 46.3. The molecule has 7 N–H and O–H groups in total. The molecule has 2 heterocycles. The van der Waals surface area contributed by atoms with Gasteiger partial charge in [-0.1, -0.05) is 182 Å². The number of carbonyl (C=O) groups is 1. The van der Waals surface area contributed by atoms with Gasteiger partial charge in [-0.15, -0.1) is 0 Å². The Kier molecular flexibility index (Phi) is 43.0. The van der Waals surface area contributed by atoms with Crippen molar-refractivity contribution in [3.63, 3.8) is 0 Å². The maximum absolute atomic E-state index is 13.1. The highest BCUT2D eigenvalue weighted by Gasteiger charge is 2.47. The fourth-order valence-electron chi connectivity index (χ4n) is 8.69. The molecule has 0 amide bonds. The van der Waals surface area contributed by atoms with Crippen LogP contribution in [0.15, 0.2) is 85.1 Å². The highest BCUT2D eigenvalue weighted by molar-refractivity contribution is 5.69. The second kappa shape index (κ2) is 47.2. The van der Waals surface area contributed by atoms with E-state index >= 15 is 0 Å². The summed E-state index contributed by atoms with van der Waals surface area (Å²) in [4.78, 5) is 13.1. The van der Waals surface area contributed by atoms with Gasteiger partial charge in [-0.25, -0.2) is 0 Å². The summed E-state index contributed by atoms with van der Waals surface area (Å²) in [5.41, 5.74) is 0. The molecule has 0 aromatic rings. The van der Waals surface area contributed by atoms with Crippen LogP contribution in [0.5, 0.6) is 0 Å². The summed E-state index contributed by atoms with van der Waals surface area (Å²) < 4.78 is 34.3. The van der Waals surface area contributed by atoms with Gasteiger partial charge in [-0.05, 0) is 89.9 Å². The number of allylic oxidation sites excluding steroid dienone is 14. The van der Waals surface area contributed by atoms with Gasteiger partial charge < -0.3 is 64.2 Å². The van der Waals surface area contributed by atoms with E-state index in [2.05, 4.69) is 98.9 Å². The molecule has 0 aromatic carbocycles. The molecule has 75 heavy (non-hydrogen) atoms. The van der Waals surface area contributed by atoms with Gasteiger partial charge in [0.05, 0.1) is 26.4 Å². The van der Waals surface area contributed by atoms with Crippen molar-refractivity contribution in [1.82, 2.24) is 0 Å². The van der Waals surface area contributed by atoms with Gasteiger partial charge in [0.1, 0.15) is 54.9 Å². The lowest BCUT2D eigenvalue weighted by Gasteiger charge is -2.42. The Balaban J connectivity index is 1.74. The predicted octanol–water partition coefficient (Wildman–Crippen LogP) is 10.4. The summed E-state index contributed by atoms with van der Waals surface area (Å²) in [7, 11) is 0. The van der Waals surface area contributed by atoms with E-state index < -0.39 is 86.7 Å². The number of carbonyl (C=O) groups excluding carboxylic acids is 1. The molecule has 2 aliphatic rings. The number of aliphatic hydroxyl groups is 7. The van der Waals surface area contributed by atoms with Gasteiger partial charge in [0.25, 0.3) is 0 Å². The Labute approximate surface area is 452 Å². The number of unbranched alkanes of at least 4 members (excludes halogenated alkanes) is 18. The molecule has 0 radical (unpaired) electrons. The van der Waals surface area contributed by atoms with Crippen LogP contribution in [0.25, 0.3) is 0 Å². The van der Waals surface area contributed by atoms with Crippen molar-refractivity contribution in [3.8, 4) is 0 Å². The molecule has 14 nitrogen and oxygen atoms in total. The van der Waals surface area contributed by atoms with Crippen LogP contribution in [-0.2, 0) is 33.2 Å². The Morgan fingerprint density at radius 3 is 1.37 bits per heavy atom. The first-order valence-corrected chi connectivity index (χ1v) is 29.2. The monoisotopic (exact) mass is 1060 g/mol. The average Bonchev–Trinajstić information content (AvgIpc) is 3.41. The Bertz CT molecular complexity index is 1560. The maximum atomic E-state index is 13.1. The van der Waals surface area contributed by atoms with Crippen molar-refractivity contribution in [3.05, 3.63) is 85.1 Å². The summed E-state index contributed by atoms with van der Waals surface area (Å²) >= 11 is 0. The highest BCUT2D eigenvalue weighted by Crippen LogP contribution is 2.26. The number of ether oxygens (including phenoxy) is 6. The minimum Gasteiger partial charge on any atom is -0.457 e. The fraction of sp³-hybridized carbons (Fsp3) is 0.754. The summed E-state index contributed by atoms with van der Waals surface area (Å²) in [6, 6.07) is 0. The second-order valence-electron chi connectivity index (χ2n) is 20.1. The SMILES string of the molecule is CC/C=C\C/C=C\C/C=C\C/C=C\C/C=C\C/C=C\CCCCCOCC(COC1OC(COC2OC(CO)C(O)C(O)C2O)C(O)C(O)C1O)OC(=O)CCCCCCCCCCC/C=C\CCCCCCCC. The number of hydrogen-bond acceptors (Lipinski definition) is 14. The lowest BCUT2D eigenvalue weighted by molar-refractivity contribution is -0.332. The number of aliphatic hydroxyl groups excluding tert-OH is 7. The number of hydrogen-bond donors (Lipinski definition) is 7. The molecule has 0 spiro atoms. The van der Waals surface area contributed by atoms with Crippen LogP contribution in [-0.4, -0.2) is 142 Å². The summed E-state index contributed by atoms with van der Waals surface area (Å²) in [6.07, 6.45) is 45.0. The summed E-state index contributed by atoms with van der Waals surface area (Å²) in [5, 5.41) is 72.4. The quantitative estimate of drug-likeness (QED) is 0.0172. The Morgan fingerprint density at radius 2 is 0.867 bits per heavy atom. The Hall–Kier alpha value is -2.83. The zero-order chi connectivity index (χ0) is 54.4. The van der Waals surface area contributed by atoms with E-state index in [0.717, 1.165) is 83.5 Å². The molecular weight excluding hydrogens is 957 g/mol. The van der Waals surface area contributed by atoms with E-state index in [0.29, 0.717) is 13.0 Å². The van der Waals surface area contributed by atoms with Crippen molar-refractivity contribution in [1.29, 1.82) is 0 Å². The van der Waals surface area contributed by atoms with Gasteiger partial charge >= 0.3 is 5.97 Å². The van der Waals surface area contributed by atoms with Gasteiger partial charge in [0.2, 0.25) is 0 Å². The zero-order valence-corrected chi connectivity index (χ0v) is 46.3. The topological polar surface area (TPSA) is 214 Å². The largest absolute Gasteiger partial charge is 0.457 e. The molecule has 11 unspecified atom stereocenters. The molecule has 11 atom stereocenters. The lowest BCUT2D eigenvalue weighted by Crippen LogP contribution is -2.61. The lowest BCUT2D eigenvalue weighted by atomic mass is 9.98. The van der Waals surface area contributed by atoms with Crippen LogP contribution in [0.3, 0.4) is 0 Å². The molecule has 2 aliphatic heterocycles. The van der Waals surface area contributed by atoms with Gasteiger partial charge in [-0.3, -0.25) is 4.79 Å². The first-order valence-electron chi connectivity index (χ1n) is 29.2. The number of esters is 1. The van der Waals surface area contributed by atoms with E-state index in [1.165, 1.54) is 83.5 Å². The van der Waals surface area contributed by atoms with E-state index in [9.17, 15) is 40.5 Å². The van der Waals surface area contributed by atoms with Crippen LogP contribution in [0, 0.1) is 0 Å². The second-order valence-corrected chi connectivity index (χ2v) is 20.1. The molecule has 2 saturated heterocycles. The standard InChI is InChI=1S/C61H104O14/c1-3-5-7-9-11-13-15-17-19-21-23-24-25-27-29-31-33-35-37-39-41-43-45-70-47-50(73-53(63)44-42-40-38-36-34-32-30-28-26-22-20-18-16-14-12-10-8-6-4-2)48-71-60-59(69)57(67)55(65)52(75-60)49-72-61-58(68)56(66)54(64)51(46-62)74-61/h5,7,11,13,17-20,23-24,27,29,33,35,50-52,54-62,64-69H,3-4,6,8-10,12,14-16,21-22,25-26,28,30-32,34,36-49H2,1-2H3/b7-5-,13-11-,19-17-,20-18-,24-23-,29-27-,35-33-. The van der Waals surface area contributed by atoms with Crippen molar-refractivity contribution in [2.75, 3.05) is 33.0 Å². The third-order valence-electron chi connectivity index (χ3n) is 13.4. The van der Waals surface area contributed by atoms with E-state index in [1.54, 1.807) is 0 Å². The molecule has 2 rings (SSSR count). The van der Waals surface area contributed by atoms with E-state index in [4.69, 9.17) is 28.4 Å². The van der Waals surface area contributed by atoms with Crippen LogP contribution >= 0.6 is 0 Å². The maximum Gasteiger partial charge on any atom is 0.306 e. The number of rotatable bonds is 46. The van der Waals surface area contributed by atoms with Gasteiger partial charge in [0.15, 0.2) is 12.6 Å². The molecule has 0 saturated carbocycles. The third kappa shape index (κ3) is 33.9. The van der Waals surface area contributed by atoms with E-state index in [-0.39, 0.29) is 19.6 Å².